The molecule has 0 unspecified atom stereocenters. The number of hydrogen-bond donors (Lipinski definition) is 1. The first kappa shape index (κ1) is 12.1. The zero-order valence-electron chi connectivity index (χ0n) is 9.28. The van der Waals surface area contributed by atoms with Crippen LogP contribution >= 0.6 is 12.6 Å². The van der Waals surface area contributed by atoms with Crippen molar-refractivity contribution in [3.63, 3.8) is 0 Å². The summed E-state index contributed by atoms with van der Waals surface area (Å²) in [6.45, 7) is 4.05. The molecule has 0 aliphatic heterocycles. The van der Waals surface area contributed by atoms with Crippen LogP contribution in [0.4, 0.5) is 0 Å². The van der Waals surface area contributed by atoms with Crippen LogP contribution in [0.3, 0.4) is 0 Å². The summed E-state index contributed by atoms with van der Waals surface area (Å²) < 4.78 is 4.68. The molecule has 0 aliphatic rings. The minimum Gasteiger partial charge on any atom is -0.469 e. The molecule has 82 valence electrons. The normalized spacial score (nSPS) is 11.2. The van der Waals surface area contributed by atoms with Crippen molar-refractivity contribution in [3.8, 4) is 0 Å². The molecule has 1 aromatic carbocycles. The minimum absolute atomic E-state index is 0.185. The van der Waals surface area contributed by atoms with Crippen molar-refractivity contribution in [3.05, 3.63) is 29.8 Å². The van der Waals surface area contributed by atoms with Crippen molar-refractivity contribution >= 4 is 18.6 Å². The van der Waals surface area contributed by atoms with Gasteiger partial charge in [0.1, 0.15) is 0 Å². The molecule has 1 rings (SSSR count). The lowest BCUT2D eigenvalue weighted by molar-refractivity contribution is -0.141. The summed E-state index contributed by atoms with van der Waals surface area (Å²) in [5.41, 5.74) is 0.917. The zero-order valence-corrected chi connectivity index (χ0v) is 10.2. The van der Waals surface area contributed by atoms with Gasteiger partial charge in [0.25, 0.3) is 0 Å². The number of rotatable bonds is 3. The van der Waals surface area contributed by atoms with Gasteiger partial charge in [0.15, 0.2) is 0 Å². The van der Waals surface area contributed by atoms with E-state index in [0.29, 0.717) is 6.42 Å². The van der Waals surface area contributed by atoms with Crippen LogP contribution in [0, 0.1) is 0 Å². The molecular weight excluding hydrogens is 208 g/mol. The maximum atomic E-state index is 11.2. The standard InChI is InChI=1S/C12H16O2S/c1-12(2,8-11(13)14-3)9-4-6-10(15)7-5-9/h4-7,15H,8H2,1-3H3. The number of methoxy groups -OCH3 is 1. The topological polar surface area (TPSA) is 26.3 Å². The van der Waals surface area contributed by atoms with E-state index < -0.39 is 0 Å². The summed E-state index contributed by atoms with van der Waals surface area (Å²) in [5, 5.41) is 0. The first-order valence-corrected chi connectivity index (χ1v) is 5.27. The molecule has 2 nitrogen and oxygen atoms in total. The summed E-state index contributed by atoms with van der Waals surface area (Å²) >= 11 is 4.22. The second-order valence-electron chi connectivity index (χ2n) is 4.18. The van der Waals surface area contributed by atoms with E-state index in [0.717, 1.165) is 10.5 Å². The zero-order chi connectivity index (χ0) is 11.5. The first-order valence-electron chi connectivity index (χ1n) is 4.82. The van der Waals surface area contributed by atoms with Crippen molar-refractivity contribution in [1.29, 1.82) is 0 Å². The van der Waals surface area contributed by atoms with Gasteiger partial charge in [-0.3, -0.25) is 4.79 Å². The lowest BCUT2D eigenvalue weighted by Crippen LogP contribution is -2.22. The van der Waals surface area contributed by atoms with E-state index in [1.807, 2.05) is 38.1 Å². The molecule has 0 saturated heterocycles. The molecule has 0 bridgehead atoms. The molecule has 3 heteroatoms. The quantitative estimate of drug-likeness (QED) is 0.631. The second-order valence-corrected chi connectivity index (χ2v) is 4.70. The van der Waals surface area contributed by atoms with Crippen LogP contribution in [-0.2, 0) is 14.9 Å². The lowest BCUT2D eigenvalue weighted by Gasteiger charge is -2.23. The summed E-state index contributed by atoms with van der Waals surface area (Å²) in [6.07, 6.45) is 0.384. The lowest BCUT2D eigenvalue weighted by atomic mass is 9.82. The van der Waals surface area contributed by atoms with Crippen LogP contribution in [0.25, 0.3) is 0 Å². The van der Waals surface area contributed by atoms with Crippen LogP contribution in [-0.4, -0.2) is 13.1 Å². The van der Waals surface area contributed by atoms with Crippen LogP contribution in [0.2, 0.25) is 0 Å². The highest BCUT2D eigenvalue weighted by atomic mass is 32.1. The minimum atomic E-state index is -0.200. The molecule has 15 heavy (non-hydrogen) atoms. The maximum Gasteiger partial charge on any atom is 0.306 e. The number of hydrogen-bond acceptors (Lipinski definition) is 3. The van der Waals surface area contributed by atoms with Crippen molar-refractivity contribution in [2.24, 2.45) is 0 Å². The summed E-state index contributed by atoms with van der Waals surface area (Å²) in [5.74, 6) is -0.185. The van der Waals surface area contributed by atoms with Gasteiger partial charge < -0.3 is 4.74 Å². The van der Waals surface area contributed by atoms with Gasteiger partial charge >= 0.3 is 5.97 Å². The molecular formula is C12H16O2S. The molecule has 0 fully saturated rings. The average Bonchev–Trinajstić information content (AvgIpc) is 2.17. The Morgan fingerprint density at radius 3 is 2.33 bits per heavy atom. The Hall–Kier alpha value is -0.960. The van der Waals surface area contributed by atoms with Crippen LogP contribution in [0.5, 0.6) is 0 Å². The van der Waals surface area contributed by atoms with Gasteiger partial charge in [-0.15, -0.1) is 12.6 Å². The third-order valence-corrected chi connectivity index (χ3v) is 2.76. The van der Waals surface area contributed by atoms with E-state index in [1.165, 1.54) is 7.11 Å². The fraction of sp³-hybridized carbons (Fsp3) is 0.417. The van der Waals surface area contributed by atoms with E-state index in [2.05, 4.69) is 17.4 Å². The number of thiol groups is 1. The van der Waals surface area contributed by atoms with E-state index in [-0.39, 0.29) is 11.4 Å². The third-order valence-electron chi connectivity index (χ3n) is 2.46. The first-order chi connectivity index (χ1) is 6.95. The molecule has 0 aromatic heterocycles. The van der Waals surface area contributed by atoms with E-state index in [9.17, 15) is 4.79 Å². The molecule has 0 N–H and O–H groups in total. The molecule has 0 radical (unpaired) electrons. The van der Waals surface area contributed by atoms with E-state index in [4.69, 9.17) is 0 Å². The summed E-state index contributed by atoms with van der Waals surface area (Å²) in [4.78, 5) is 12.2. The summed E-state index contributed by atoms with van der Waals surface area (Å²) in [6, 6.07) is 7.84. The SMILES string of the molecule is COC(=O)CC(C)(C)c1ccc(S)cc1. The molecule has 0 spiro atoms. The number of carbonyl (C=O) groups excluding carboxylic acids is 1. The Morgan fingerprint density at radius 1 is 1.33 bits per heavy atom. The van der Waals surface area contributed by atoms with Crippen molar-refractivity contribution in [1.82, 2.24) is 0 Å². The fourth-order valence-electron chi connectivity index (χ4n) is 1.45. The maximum absolute atomic E-state index is 11.2. The van der Waals surface area contributed by atoms with Crippen molar-refractivity contribution < 1.29 is 9.53 Å². The van der Waals surface area contributed by atoms with Gasteiger partial charge in [-0.05, 0) is 17.7 Å². The Balaban J connectivity index is 2.85. The number of benzene rings is 1. The molecule has 0 heterocycles. The Bertz CT molecular complexity index is 341. The smallest absolute Gasteiger partial charge is 0.306 e. The molecule has 0 amide bonds. The molecule has 0 saturated carbocycles. The highest BCUT2D eigenvalue weighted by molar-refractivity contribution is 7.80. The van der Waals surface area contributed by atoms with Gasteiger partial charge in [0.05, 0.1) is 13.5 Å². The highest BCUT2D eigenvalue weighted by Gasteiger charge is 2.24. The van der Waals surface area contributed by atoms with E-state index >= 15 is 0 Å². The van der Waals surface area contributed by atoms with E-state index in [1.54, 1.807) is 0 Å². The van der Waals surface area contributed by atoms with Crippen LogP contribution in [0.15, 0.2) is 29.2 Å². The predicted octanol–water partition coefficient (Wildman–Crippen LogP) is 2.82. The average molecular weight is 224 g/mol. The van der Waals surface area contributed by atoms with Gasteiger partial charge in [-0.1, -0.05) is 26.0 Å². The largest absolute Gasteiger partial charge is 0.469 e. The molecule has 1 aromatic rings. The summed E-state index contributed by atoms with van der Waals surface area (Å²) in [7, 11) is 1.41. The highest BCUT2D eigenvalue weighted by Crippen LogP contribution is 2.27. The Morgan fingerprint density at radius 2 is 1.87 bits per heavy atom. The molecule has 0 atom stereocenters. The van der Waals surface area contributed by atoms with Gasteiger partial charge in [0.2, 0.25) is 0 Å². The van der Waals surface area contributed by atoms with Crippen LogP contribution in [0.1, 0.15) is 25.8 Å². The van der Waals surface area contributed by atoms with Crippen molar-refractivity contribution in [2.75, 3.05) is 7.11 Å². The van der Waals surface area contributed by atoms with Crippen molar-refractivity contribution in [2.45, 2.75) is 30.6 Å². The second kappa shape index (κ2) is 4.71. The number of carbonyl (C=O) groups is 1. The Kier molecular flexibility index (Phi) is 3.80. The third kappa shape index (κ3) is 3.27. The predicted molar refractivity (Wildman–Crippen MR) is 63.4 cm³/mol. The van der Waals surface area contributed by atoms with Gasteiger partial charge in [-0.2, -0.15) is 0 Å². The number of esters is 1. The monoisotopic (exact) mass is 224 g/mol. The van der Waals surface area contributed by atoms with Crippen LogP contribution < -0.4 is 0 Å². The van der Waals surface area contributed by atoms with Gasteiger partial charge in [-0.25, -0.2) is 0 Å². The molecule has 0 aliphatic carbocycles. The Labute approximate surface area is 96.1 Å². The van der Waals surface area contributed by atoms with Gasteiger partial charge in [0, 0.05) is 10.3 Å². The number of ether oxygens (including phenoxy) is 1. The fourth-order valence-corrected chi connectivity index (χ4v) is 1.60.